The Morgan fingerprint density at radius 3 is 2.08 bits per heavy atom. The van der Waals surface area contributed by atoms with E-state index in [0.29, 0.717) is 16.5 Å². The van der Waals surface area contributed by atoms with Gasteiger partial charge in [-0.05, 0) is 42.7 Å². The maximum Gasteiger partial charge on any atom is 0.382 e. The fourth-order valence-corrected chi connectivity index (χ4v) is 5.15. The van der Waals surface area contributed by atoms with E-state index < -0.39 is 22.9 Å². The summed E-state index contributed by atoms with van der Waals surface area (Å²) in [6.07, 6.45) is 1.79. The molecule has 0 bridgehead atoms. The molecule has 37 heavy (non-hydrogen) atoms. The molecule has 0 saturated carbocycles. The van der Waals surface area contributed by atoms with E-state index in [0.717, 1.165) is 27.4 Å². The summed E-state index contributed by atoms with van der Waals surface area (Å²) < 4.78 is 6.65. The van der Waals surface area contributed by atoms with Gasteiger partial charge in [0.15, 0.2) is 0 Å². The highest BCUT2D eigenvalue weighted by Gasteiger charge is 2.43. The number of fused-ring (bicyclic) bond motifs is 3. The van der Waals surface area contributed by atoms with Crippen molar-refractivity contribution in [1.82, 2.24) is 9.55 Å². The predicted octanol–water partition coefficient (Wildman–Crippen LogP) is 5.54. The molecule has 2 aromatic heterocycles. The average Bonchev–Trinajstić information content (AvgIpc) is 3.28. The van der Waals surface area contributed by atoms with Crippen molar-refractivity contribution < 1.29 is 19.2 Å². The number of hydrogen-bond donors (Lipinski definition) is 0. The molecule has 0 unspecified atom stereocenters. The smallest absolute Gasteiger partial charge is 0.382 e. The van der Waals surface area contributed by atoms with Gasteiger partial charge >= 0.3 is 12.0 Å². The van der Waals surface area contributed by atoms with Crippen LogP contribution in [0.25, 0.3) is 32.7 Å². The van der Waals surface area contributed by atoms with Crippen LogP contribution >= 0.6 is 0 Å². The first-order valence-electron chi connectivity index (χ1n) is 12.1. The lowest BCUT2D eigenvalue weighted by molar-refractivity contribution is -0.514. The van der Waals surface area contributed by atoms with Crippen molar-refractivity contribution in [2.75, 3.05) is 6.61 Å². The standard InChI is InChI=1S/C29H25N3O5/c1-3-37-29(34)28(32(35)36)23(24-17-31(18(2)33)27-15-9-6-12-21(24)27)16-22-19-10-4-7-13-25(19)30-26-14-8-5-11-20(22)26/h4-15,17,23,28H,3,16H2,1-2H3/t23-,28-/m0/s1. The predicted molar refractivity (Wildman–Crippen MR) is 141 cm³/mol. The molecule has 0 N–H and O–H groups in total. The maximum absolute atomic E-state index is 13.0. The minimum atomic E-state index is -1.67. The van der Waals surface area contributed by atoms with Crippen LogP contribution in [-0.4, -0.2) is 39.0 Å². The maximum atomic E-state index is 13.0. The van der Waals surface area contributed by atoms with Gasteiger partial charge in [-0.1, -0.05) is 54.6 Å². The monoisotopic (exact) mass is 495 g/mol. The Morgan fingerprint density at radius 1 is 0.946 bits per heavy atom. The highest BCUT2D eigenvalue weighted by molar-refractivity contribution is 5.98. The highest BCUT2D eigenvalue weighted by atomic mass is 16.6. The van der Waals surface area contributed by atoms with Gasteiger partial charge < -0.3 is 4.74 Å². The number of para-hydroxylation sites is 3. The first kappa shape index (κ1) is 24.1. The summed E-state index contributed by atoms with van der Waals surface area (Å²) in [6.45, 7) is 3.08. The molecular formula is C29H25N3O5. The SMILES string of the molecule is CCOC(=O)[C@H]([C@@H](Cc1c2ccccc2nc2ccccc12)c1cn(C(C)=O)c2ccccc12)[N+](=O)[O-]. The number of pyridine rings is 1. The fraction of sp³-hybridized carbons (Fsp3) is 0.207. The molecule has 3 aromatic carbocycles. The van der Waals surface area contributed by atoms with Crippen molar-refractivity contribution >= 4 is 44.6 Å². The van der Waals surface area contributed by atoms with E-state index in [1.54, 1.807) is 25.3 Å². The number of benzene rings is 3. The molecule has 8 heteroatoms. The molecule has 0 aliphatic rings. The Morgan fingerprint density at radius 2 is 1.51 bits per heavy atom. The van der Waals surface area contributed by atoms with E-state index in [1.165, 1.54) is 11.5 Å². The molecule has 0 radical (unpaired) electrons. The van der Waals surface area contributed by atoms with Crippen LogP contribution < -0.4 is 0 Å². The van der Waals surface area contributed by atoms with Gasteiger partial charge in [-0.25, -0.2) is 9.78 Å². The van der Waals surface area contributed by atoms with Crippen LogP contribution in [0, 0.1) is 10.1 Å². The zero-order chi connectivity index (χ0) is 26.1. The lowest BCUT2D eigenvalue weighted by Crippen LogP contribution is -2.38. The molecule has 0 fully saturated rings. The molecule has 5 rings (SSSR count). The topological polar surface area (TPSA) is 104 Å². The Hall–Kier alpha value is -4.59. The lowest BCUT2D eigenvalue weighted by Gasteiger charge is -2.21. The van der Waals surface area contributed by atoms with Crippen molar-refractivity contribution in [2.24, 2.45) is 0 Å². The number of aromatic nitrogens is 2. The van der Waals surface area contributed by atoms with Gasteiger partial charge in [-0.15, -0.1) is 0 Å². The Balaban J connectivity index is 1.80. The summed E-state index contributed by atoms with van der Waals surface area (Å²) in [5, 5.41) is 14.8. The van der Waals surface area contributed by atoms with Crippen molar-refractivity contribution in [2.45, 2.75) is 32.2 Å². The van der Waals surface area contributed by atoms with E-state index in [1.807, 2.05) is 60.7 Å². The lowest BCUT2D eigenvalue weighted by atomic mass is 9.83. The fourth-order valence-electron chi connectivity index (χ4n) is 5.15. The Labute approximate surface area is 212 Å². The number of carbonyl (C=O) groups excluding carboxylic acids is 2. The van der Waals surface area contributed by atoms with Crippen LogP contribution in [-0.2, 0) is 16.0 Å². The van der Waals surface area contributed by atoms with Gasteiger partial charge in [0.1, 0.15) is 0 Å². The third-order valence-electron chi connectivity index (χ3n) is 6.74. The quantitative estimate of drug-likeness (QED) is 0.127. The molecule has 2 heterocycles. The second kappa shape index (κ2) is 9.81. The van der Waals surface area contributed by atoms with Gasteiger partial charge in [0.25, 0.3) is 0 Å². The normalized spacial score (nSPS) is 13.0. The number of rotatable bonds is 7. The van der Waals surface area contributed by atoms with E-state index in [-0.39, 0.29) is 18.9 Å². The molecule has 0 saturated heterocycles. The highest BCUT2D eigenvalue weighted by Crippen LogP contribution is 2.37. The summed E-state index contributed by atoms with van der Waals surface area (Å²) in [7, 11) is 0. The van der Waals surface area contributed by atoms with Gasteiger partial charge in [0.05, 0.1) is 29.1 Å². The molecule has 0 aliphatic carbocycles. The average molecular weight is 496 g/mol. The second-order valence-electron chi connectivity index (χ2n) is 8.91. The first-order valence-corrected chi connectivity index (χ1v) is 12.1. The first-order chi connectivity index (χ1) is 17.9. The minimum Gasteiger partial charge on any atom is -0.461 e. The van der Waals surface area contributed by atoms with Crippen LogP contribution in [0.4, 0.5) is 0 Å². The molecule has 0 amide bonds. The third-order valence-corrected chi connectivity index (χ3v) is 6.74. The number of esters is 1. The summed E-state index contributed by atoms with van der Waals surface area (Å²) in [6, 6.07) is 20.8. The number of hydrogen-bond acceptors (Lipinski definition) is 6. The summed E-state index contributed by atoms with van der Waals surface area (Å²) in [5.41, 5.74) is 3.54. The summed E-state index contributed by atoms with van der Waals surface area (Å²) in [4.78, 5) is 42.2. The zero-order valence-electron chi connectivity index (χ0n) is 20.5. The van der Waals surface area contributed by atoms with Crippen molar-refractivity contribution in [3.05, 3.63) is 100 Å². The van der Waals surface area contributed by atoms with Crippen LogP contribution in [0.5, 0.6) is 0 Å². The molecule has 8 nitrogen and oxygen atoms in total. The molecule has 186 valence electrons. The number of carbonyl (C=O) groups is 2. The number of nitro groups is 1. The number of ether oxygens (including phenoxy) is 1. The molecule has 5 aromatic rings. The van der Waals surface area contributed by atoms with Crippen LogP contribution in [0.3, 0.4) is 0 Å². The van der Waals surface area contributed by atoms with Crippen LogP contribution in [0.2, 0.25) is 0 Å². The van der Waals surface area contributed by atoms with Gasteiger partial charge in [-0.2, -0.15) is 0 Å². The second-order valence-corrected chi connectivity index (χ2v) is 8.91. The third kappa shape index (κ3) is 4.31. The Kier molecular flexibility index (Phi) is 6.40. The largest absolute Gasteiger partial charge is 0.461 e. The van der Waals surface area contributed by atoms with E-state index in [4.69, 9.17) is 9.72 Å². The minimum absolute atomic E-state index is 0.0201. The van der Waals surface area contributed by atoms with E-state index in [9.17, 15) is 19.7 Å². The van der Waals surface area contributed by atoms with Crippen LogP contribution in [0.1, 0.15) is 35.7 Å². The molecular weight excluding hydrogens is 470 g/mol. The molecule has 0 aliphatic heterocycles. The van der Waals surface area contributed by atoms with Gasteiger partial charge in [0.2, 0.25) is 5.91 Å². The van der Waals surface area contributed by atoms with Crippen molar-refractivity contribution in [1.29, 1.82) is 0 Å². The zero-order valence-corrected chi connectivity index (χ0v) is 20.5. The van der Waals surface area contributed by atoms with Gasteiger partial charge in [0, 0.05) is 34.2 Å². The van der Waals surface area contributed by atoms with E-state index >= 15 is 0 Å². The van der Waals surface area contributed by atoms with Gasteiger partial charge in [-0.3, -0.25) is 19.5 Å². The number of nitrogens with zero attached hydrogens (tertiary/aromatic N) is 3. The summed E-state index contributed by atoms with van der Waals surface area (Å²) >= 11 is 0. The van der Waals surface area contributed by atoms with Crippen molar-refractivity contribution in [3.8, 4) is 0 Å². The van der Waals surface area contributed by atoms with E-state index in [2.05, 4.69) is 0 Å². The van der Waals surface area contributed by atoms with Crippen molar-refractivity contribution in [3.63, 3.8) is 0 Å². The molecule has 2 atom stereocenters. The molecule has 0 spiro atoms. The summed E-state index contributed by atoms with van der Waals surface area (Å²) in [5.74, 6) is -2.04. The van der Waals surface area contributed by atoms with Crippen LogP contribution in [0.15, 0.2) is 79.0 Å². The Bertz CT molecular complexity index is 1620.